The van der Waals surface area contributed by atoms with E-state index in [2.05, 4.69) is 5.32 Å². The summed E-state index contributed by atoms with van der Waals surface area (Å²) in [6.45, 7) is 1.31. The average Bonchev–Trinajstić information content (AvgIpc) is 2.62. The first-order valence-corrected chi connectivity index (χ1v) is 8.67. The van der Waals surface area contributed by atoms with Crippen LogP contribution in [0.1, 0.15) is 64.2 Å². The lowest BCUT2D eigenvalue weighted by atomic mass is 9.68. The van der Waals surface area contributed by atoms with E-state index in [9.17, 15) is 0 Å². The maximum Gasteiger partial charge on any atom is 0.0126 e. The van der Waals surface area contributed by atoms with E-state index in [1.165, 1.54) is 38.6 Å². The van der Waals surface area contributed by atoms with E-state index < -0.39 is 0 Å². The van der Waals surface area contributed by atoms with E-state index in [-0.39, 0.29) is 0 Å². The Morgan fingerprint density at radius 1 is 0.611 bits per heavy atom. The van der Waals surface area contributed by atoms with Crippen LogP contribution in [0.3, 0.4) is 0 Å². The van der Waals surface area contributed by atoms with Crippen LogP contribution in [-0.2, 0) is 0 Å². The highest BCUT2D eigenvalue weighted by Gasteiger charge is 2.50. The molecule has 3 aliphatic carbocycles. The smallest absolute Gasteiger partial charge is 0.0126 e. The maximum absolute atomic E-state index is 3.96. The van der Waals surface area contributed by atoms with E-state index in [0.717, 1.165) is 35.6 Å². The number of rotatable bonds is 0. The van der Waals surface area contributed by atoms with Gasteiger partial charge in [-0.2, -0.15) is 0 Å². The van der Waals surface area contributed by atoms with Crippen LogP contribution in [0.25, 0.3) is 0 Å². The molecule has 6 atom stereocenters. The Morgan fingerprint density at radius 2 is 1.44 bits per heavy atom. The van der Waals surface area contributed by atoms with Gasteiger partial charge in [-0.25, -0.2) is 0 Å². The third-order valence-electron chi connectivity index (χ3n) is 6.86. The molecular weight excluding hydrogens is 218 g/mol. The van der Waals surface area contributed by atoms with E-state index >= 15 is 0 Å². The lowest BCUT2D eigenvalue weighted by Gasteiger charge is -2.41. The quantitative estimate of drug-likeness (QED) is 0.682. The van der Waals surface area contributed by atoms with Gasteiger partial charge in [-0.05, 0) is 74.7 Å². The Balaban J connectivity index is 1.55. The summed E-state index contributed by atoms with van der Waals surface area (Å²) in [5.74, 6) is 5.47. The second kappa shape index (κ2) is 4.81. The molecule has 6 unspecified atom stereocenters. The van der Waals surface area contributed by atoms with Crippen molar-refractivity contribution in [2.24, 2.45) is 29.6 Å². The molecule has 1 heteroatoms. The van der Waals surface area contributed by atoms with E-state index in [4.69, 9.17) is 0 Å². The molecule has 1 N–H and O–H groups in total. The van der Waals surface area contributed by atoms with E-state index in [1.807, 2.05) is 0 Å². The Morgan fingerprint density at radius 3 is 2.44 bits per heavy atom. The zero-order valence-corrected chi connectivity index (χ0v) is 11.7. The third kappa shape index (κ3) is 1.85. The molecular formula is C17H29N. The number of hydrogen-bond acceptors (Lipinski definition) is 1. The van der Waals surface area contributed by atoms with E-state index in [1.54, 1.807) is 32.1 Å². The number of fused-ring (bicyclic) bond motifs is 5. The molecule has 4 aliphatic rings. The van der Waals surface area contributed by atoms with Crippen molar-refractivity contribution in [3.05, 3.63) is 0 Å². The van der Waals surface area contributed by atoms with Gasteiger partial charge in [-0.15, -0.1) is 0 Å². The Labute approximate surface area is 112 Å². The van der Waals surface area contributed by atoms with Gasteiger partial charge in [-0.3, -0.25) is 0 Å². The fourth-order valence-electron chi connectivity index (χ4n) is 6.15. The fourth-order valence-corrected chi connectivity index (χ4v) is 6.15. The van der Waals surface area contributed by atoms with Gasteiger partial charge >= 0.3 is 0 Å². The Hall–Kier alpha value is -0.0400. The molecule has 0 aromatic heterocycles. The maximum atomic E-state index is 3.96. The van der Waals surface area contributed by atoms with Crippen molar-refractivity contribution in [3.8, 4) is 0 Å². The molecule has 1 aliphatic heterocycles. The second-order valence-corrected chi connectivity index (χ2v) is 7.58. The molecule has 4 fully saturated rings. The largest absolute Gasteiger partial charge is 0.313 e. The van der Waals surface area contributed by atoms with Crippen molar-refractivity contribution in [3.63, 3.8) is 0 Å². The SMILES string of the molecule is C1CCC2CCC3C4CCCCC4CC3C2NC1. The average molecular weight is 247 g/mol. The van der Waals surface area contributed by atoms with Crippen molar-refractivity contribution >= 4 is 0 Å². The van der Waals surface area contributed by atoms with Crippen LogP contribution < -0.4 is 5.32 Å². The third-order valence-corrected chi connectivity index (χ3v) is 6.86. The summed E-state index contributed by atoms with van der Waals surface area (Å²) in [5, 5.41) is 3.96. The Bertz CT molecular complexity index is 300. The van der Waals surface area contributed by atoms with Crippen LogP contribution in [-0.4, -0.2) is 12.6 Å². The lowest BCUT2D eigenvalue weighted by molar-refractivity contribution is 0.113. The molecule has 1 heterocycles. The van der Waals surface area contributed by atoms with Crippen molar-refractivity contribution in [2.75, 3.05) is 6.54 Å². The minimum Gasteiger partial charge on any atom is -0.313 e. The standard InChI is InChI=1S/C17H29N/c1-2-7-14-13(6-1)11-16-15(14)9-8-12-5-3-4-10-18-17(12)16/h12-18H,1-11H2. The molecule has 0 radical (unpaired) electrons. The van der Waals surface area contributed by atoms with Gasteiger partial charge in [-0.1, -0.05) is 25.7 Å². The van der Waals surface area contributed by atoms with Crippen LogP contribution in [0.5, 0.6) is 0 Å². The molecule has 0 aromatic carbocycles. The van der Waals surface area contributed by atoms with E-state index in [0.29, 0.717) is 0 Å². The molecule has 1 saturated heterocycles. The summed E-state index contributed by atoms with van der Waals surface area (Å²) in [6, 6.07) is 0.914. The van der Waals surface area contributed by atoms with Crippen LogP contribution in [0, 0.1) is 29.6 Å². The lowest BCUT2D eigenvalue weighted by Crippen LogP contribution is -2.46. The van der Waals surface area contributed by atoms with Gasteiger partial charge in [0.05, 0.1) is 0 Å². The minimum atomic E-state index is 0.914. The molecule has 0 bridgehead atoms. The van der Waals surface area contributed by atoms with Gasteiger partial charge in [0.25, 0.3) is 0 Å². The van der Waals surface area contributed by atoms with Gasteiger partial charge < -0.3 is 5.32 Å². The van der Waals surface area contributed by atoms with Gasteiger partial charge in [0.15, 0.2) is 0 Å². The first kappa shape index (κ1) is 11.8. The topological polar surface area (TPSA) is 12.0 Å². The molecule has 4 rings (SSSR count). The predicted octanol–water partition coefficient (Wildman–Crippen LogP) is 3.98. The normalized spacial score (nSPS) is 52.0. The monoisotopic (exact) mass is 247 g/mol. The minimum absolute atomic E-state index is 0.914. The molecule has 102 valence electrons. The molecule has 0 aromatic rings. The molecule has 1 nitrogen and oxygen atoms in total. The second-order valence-electron chi connectivity index (χ2n) is 7.58. The zero-order chi connectivity index (χ0) is 11.9. The highest BCUT2D eigenvalue weighted by atomic mass is 14.9. The zero-order valence-electron chi connectivity index (χ0n) is 11.7. The van der Waals surface area contributed by atoms with Crippen molar-refractivity contribution in [1.29, 1.82) is 0 Å². The van der Waals surface area contributed by atoms with Gasteiger partial charge in [0.2, 0.25) is 0 Å². The number of hydrogen-bond donors (Lipinski definition) is 1. The van der Waals surface area contributed by atoms with Gasteiger partial charge in [0, 0.05) is 6.04 Å². The first-order chi connectivity index (χ1) is 8.93. The highest BCUT2D eigenvalue weighted by molar-refractivity contribution is 5.02. The first-order valence-electron chi connectivity index (χ1n) is 8.67. The summed E-state index contributed by atoms with van der Waals surface area (Å²) in [5.41, 5.74) is 0. The molecule has 0 spiro atoms. The van der Waals surface area contributed by atoms with Crippen LogP contribution in [0.4, 0.5) is 0 Å². The molecule has 3 saturated carbocycles. The summed E-state index contributed by atoms with van der Waals surface area (Å²) in [7, 11) is 0. The predicted molar refractivity (Wildman–Crippen MR) is 75.4 cm³/mol. The van der Waals surface area contributed by atoms with Crippen LogP contribution in [0.2, 0.25) is 0 Å². The summed E-state index contributed by atoms with van der Waals surface area (Å²) in [6.07, 6.45) is 15.3. The van der Waals surface area contributed by atoms with Gasteiger partial charge in [0.1, 0.15) is 0 Å². The Kier molecular flexibility index (Phi) is 3.14. The molecule has 18 heavy (non-hydrogen) atoms. The number of nitrogens with one attached hydrogen (secondary N) is 1. The fraction of sp³-hybridized carbons (Fsp3) is 1.00. The highest BCUT2D eigenvalue weighted by Crippen LogP contribution is 2.55. The van der Waals surface area contributed by atoms with Crippen LogP contribution >= 0.6 is 0 Å². The van der Waals surface area contributed by atoms with Crippen molar-refractivity contribution in [2.45, 2.75) is 70.3 Å². The van der Waals surface area contributed by atoms with Crippen molar-refractivity contribution in [1.82, 2.24) is 5.32 Å². The van der Waals surface area contributed by atoms with Crippen LogP contribution in [0.15, 0.2) is 0 Å². The summed E-state index contributed by atoms with van der Waals surface area (Å²) in [4.78, 5) is 0. The summed E-state index contributed by atoms with van der Waals surface area (Å²) >= 11 is 0. The molecule has 0 amide bonds. The van der Waals surface area contributed by atoms with Crippen molar-refractivity contribution < 1.29 is 0 Å². The summed E-state index contributed by atoms with van der Waals surface area (Å²) < 4.78 is 0.